The summed E-state index contributed by atoms with van der Waals surface area (Å²) in [5, 5.41) is 49.9. The summed E-state index contributed by atoms with van der Waals surface area (Å²) in [6.45, 7) is 6.55. The Bertz CT molecular complexity index is 1760. The summed E-state index contributed by atoms with van der Waals surface area (Å²) in [7, 11) is -3.44. The van der Waals surface area contributed by atoms with Gasteiger partial charge in [0.2, 0.25) is 0 Å². The third kappa shape index (κ3) is 12.9. The van der Waals surface area contributed by atoms with Crippen LogP contribution in [0.5, 0.6) is 5.75 Å². The number of sulfone groups is 1. The van der Waals surface area contributed by atoms with Crippen LogP contribution in [0.1, 0.15) is 69.9 Å². The van der Waals surface area contributed by atoms with Crippen molar-refractivity contribution < 1.29 is 48.2 Å². The monoisotopic (exact) mass is 822 g/mol. The lowest BCUT2D eigenvalue weighted by Gasteiger charge is -2.30. The minimum absolute atomic E-state index is 0.112. The van der Waals surface area contributed by atoms with Crippen molar-refractivity contribution in [2.24, 2.45) is 4.99 Å². The predicted molar refractivity (Wildman–Crippen MR) is 216 cm³/mol. The molecule has 0 radical (unpaired) electrons. The highest BCUT2D eigenvalue weighted by atomic mass is 35.5. The first kappa shape index (κ1) is 44.9. The molecule has 2 fully saturated rings. The zero-order valence-electron chi connectivity index (χ0n) is 31.6. The van der Waals surface area contributed by atoms with Crippen molar-refractivity contribution in [2.75, 3.05) is 37.0 Å². The third-order valence-corrected chi connectivity index (χ3v) is 12.9. The molecule has 2 aliphatic rings. The van der Waals surface area contributed by atoms with Crippen molar-refractivity contribution in [2.45, 2.75) is 106 Å². The van der Waals surface area contributed by atoms with E-state index in [1.54, 1.807) is 18.0 Å². The minimum Gasteiger partial charge on any atom is -0.490 e. The normalized spacial score (nSPS) is 18.0. The van der Waals surface area contributed by atoms with Gasteiger partial charge in [-0.25, -0.2) is 8.42 Å². The van der Waals surface area contributed by atoms with Crippen molar-refractivity contribution in [1.82, 2.24) is 4.90 Å². The molecular weight excluding hydrogens is 768 g/mol. The van der Waals surface area contributed by atoms with Gasteiger partial charge in [0.15, 0.2) is 15.9 Å². The van der Waals surface area contributed by atoms with Crippen LogP contribution in [0.15, 0.2) is 70.2 Å². The standard InChI is InChI=1S/C40H55ClN2O10S2/c1-4-30(31-11-7-8-12-35(31)53-28-13-14-28)32(24-42-3)40(17-18-40)52-26-27-23-29(15-16-33(27)41)54-21-10-6-9-19-43(20-22-55(50,51)5-2)39(49)38(48)37(47)36(46)34(45)25-44/h4,7-8,11-12,15-16,23-24,28,34,36-38,44-48H,3,5-6,9-10,13-14,17-22,25-26H2,1-2H3/b30-4-,32-24+/t34-,36+,37-,38-/m0/s1. The maximum absolute atomic E-state index is 13.0. The number of ether oxygens (including phenoxy) is 2. The van der Waals surface area contributed by atoms with Gasteiger partial charge in [0.1, 0.15) is 24.1 Å². The number of aliphatic hydroxyl groups excluding tert-OH is 5. The summed E-state index contributed by atoms with van der Waals surface area (Å²) in [6, 6.07) is 13.9. The van der Waals surface area contributed by atoms with Crippen LogP contribution in [0.25, 0.3) is 5.57 Å². The van der Waals surface area contributed by atoms with E-state index in [0.717, 1.165) is 75.7 Å². The molecule has 0 saturated heterocycles. The molecule has 2 saturated carbocycles. The molecule has 5 N–H and O–H groups in total. The SMILES string of the molecule is C=N/C=C(\C(=C/C)c1ccccc1OC1CC1)C1(OCc2cc(SCCCCCN(CCS(=O)(=O)CC)C(=O)[C@@H](O)[C@@H](O)[C@H](O)[C@@H](O)CO)ccc2Cl)CC1. The number of amides is 1. The Labute approximate surface area is 333 Å². The first-order valence-corrected chi connectivity index (χ1v) is 21.9. The largest absolute Gasteiger partial charge is 0.490 e. The van der Waals surface area contributed by atoms with Crippen molar-refractivity contribution in [3.63, 3.8) is 0 Å². The van der Waals surface area contributed by atoms with Gasteiger partial charge in [0.05, 0.1) is 30.7 Å². The van der Waals surface area contributed by atoms with Crippen LogP contribution in [0, 0.1) is 0 Å². The number of halogens is 1. The number of aliphatic imine (C=N–C) groups is 1. The Morgan fingerprint density at radius 2 is 1.82 bits per heavy atom. The van der Waals surface area contributed by atoms with Crippen LogP contribution in [0.3, 0.4) is 0 Å². The number of carbonyl (C=O) groups is 1. The van der Waals surface area contributed by atoms with Crippen LogP contribution in [0.4, 0.5) is 0 Å². The highest BCUT2D eigenvalue weighted by Gasteiger charge is 2.49. The zero-order valence-corrected chi connectivity index (χ0v) is 33.9. The number of carbonyl (C=O) groups excluding carboxylic acids is 1. The molecule has 4 rings (SSSR count). The molecule has 0 heterocycles. The average molecular weight is 823 g/mol. The molecule has 4 atom stereocenters. The molecule has 2 aliphatic carbocycles. The fourth-order valence-corrected chi connectivity index (χ4v) is 8.00. The van der Waals surface area contributed by atoms with E-state index in [0.29, 0.717) is 24.5 Å². The van der Waals surface area contributed by atoms with E-state index in [4.69, 9.17) is 26.2 Å². The summed E-state index contributed by atoms with van der Waals surface area (Å²) >= 11 is 8.29. The highest BCUT2D eigenvalue weighted by molar-refractivity contribution is 7.99. The van der Waals surface area contributed by atoms with Crippen LogP contribution in [0.2, 0.25) is 5.02 Å². The van der Waals surface area contributed by atoms with E-state index in [-0.39, 0.29) is 30.7 Å². The molecule has 15 heteroatoms. The number of para-hydroxylation sites is 1. The van der Waals surface area contributed by atoms with Gasteiger partial charge >= 0.3 is 0 Å². The van der Waals surface area contributed by atoms with Crippen LogP contribution in [-0.2, 0) is 26.0 Å². The number of hydrogen-bond donors (Lipinski definition) is 5. The lowest BCUT2D eigenvalue weighted by molar-refractivity contribution is -0.158. The molecule has 0 aliphatic heterocycles. The van der Waals surface area contributed by atoms with Crippen molar-refractivity contribution in [1.29, 1.82) is 0 Å². The van der Waals surface area contributed by atoms with E-state index in [2.05, 4.69) is 23.9 Å². The smallest absolute Gasteiger partial charge is 0.254 e. The molecule has 0 bridgehead atoms. The first-order chi connectivity index (χ1) is 26.3. The molecule has 1 amide bonds. The van der Waals surface area contributed by atoms with E-state index in [9.17, 15) is 33.6 Å². The molecule has 12 nitrogen and oxygen atoms in total. The highest BCUT2D eigenvalue weighted by Crippen LogP contribution is 2.52. The van der Waals surface area contributed by atoms with E-state index in [1.807, 2.05) is 43.3 Å². The van der Waals surface area contributed by atoms with Gasteiger partial charge in [0.25, 0.3) is 5.91 Å². The van der Waals surface area contributed by atoms with Crippen molar-refractivity contribution in [3.05, 3.63) is 76.5 Å². The minimum atomic E-state index is -3.44. The predicted octanol–water partition coefficient (Wildman–Crippen LogP) is 4.58. The summed E-state index contributed by atoms with van der Waals surface area (Å²) in [5.41, 5.74) is 3.27. The second-order valence-electron chi connectivity index (χ2n) is 13.9. The number of thioether (sulfide) groups is 1. The quantitative estimate of drug-likeness (QED) is 0.0409. The van der Waals surface area contributed by atoms with E-state index >= 15 is 0 Å². The molecular formula is C40H55ClN2O10S2. The van der Waals surface area contributed by atoms with Gasteiger partial charge in [-0.05, 0) is 93.3 Å². The Hall–Kier alpha value is -2.79. The summed E-state index contributed by atoms with van der Waals surface area (Å²) in [5.74, 6) is 0.171. The van der Waals surface area contributed by atoms with E-state index < -0.39 is 52.4 Å². The van der Waals surface area contributed by atoms with Gasteiger partial charge in [-0.1, -0.05) is 49.2 Å². The van der Waals surface area contributed by atoms with Crippen LogP contribution < -0.4 is 4.74 Å². The van der Waals surface area contributed by atoms with Gasteiger partial charge in [0, 0.05) is 46.1 Å². The van der Waals surface area contributed by atoms with Crippen molar-refractivity contribution in [3.8, 4) is 5.75 Å². The number of aliphatic hydroxyl groups is 5. The van der Waals surface area contributed by atoms with Gasteiger partial charge in [-0.2, -0.15) is 0 Å². The average Bonchev–Trinajstić information content (AvgIpc) is 4.14. The molecule has 304 valence electrons. The van der Waals surface area contributed by atoms with Crippen LogP contribution >= 0.6 is 23.4 Å². The lowest BCUT2D eigenvalue weighted by atomic mass is 9.92. The van der Waals surface area contributed by atoms with Gasteiger partial charge < -0.3 is 39.9 Å². The second kappa shape index (κ2) is 21.1. The fourth-order valence-electron chi connectivity index (χ4n) is 6.06. The topological polar surface area (TPSA) is 186 Å². The number of nitrogens with zero attached hydrogens (tertiary/aromatic N) is 2. The third-order valence-electron chi connectivity index (χ3n) is 9.78. The first-order valence-electron chi connectivity index (χ1n) is 18.8. The molecule has 0 spiro atoms. The van der Waals surface area contributed by atoms with Gasteiger partial charge in [-0.3, -0.25) is 9.79 Å². The molecule has 0 aromatic heterocycles. The summed E-state index contributed by atoms with van der Waals surface area (Å²) in [4.78, 5) is 19.4. The lowest BCUT2D eigenvalue weighted by Crippen LogP contribution is -2.53. The number of hydrogen-bond acceptors (Lipinski definition) is 12. The van der Waals surface area contributed by atoms with Crippen LogP contribution in [-0.4, -0.2) is 125 Å². The molecule has 2 aromatic rings. The number of allylic oxidation sites excluding steroid dienone is 1. The molecule has 0 unspecified atom stereocenters. The maximum Gasteiger partial charge on any atom is 0.254 e. The Kier molecular flexibility index (Phi) is 17.2. The second-order valence-corrected chi connectivity index (χ2v) is 18.0. The van der Waals surface area contributed by atoms with Crippen molar-refractivity contribution >= 4 is 51.4 Å². The Balaban J connectivity index is 1.32. The number of rotatable bonds is 25. The maximum atomic E-state index is 13.0. The summed E-state index contributed by atoms with van der Waals surface area (Å²) < 4.78 is 37.2. The Morgan fingerprint density at radius 3 is 2.45 bits per heavy atom. The van der Waals surface area contributed by atoms with Gasteiger partial charge in [-0.15, -0.1) is 11.8 Å². The van der Waals surface area contributed by atoms with E-state index in [1.165, 1.54) is 6.92 Å². The molecule has 2 aromatic carbocycles. The number of unbranched alkanes of at least 4 members (excludes halogenated alkanes) is 2. The fraction of sp³-hybridized carbons (Fsp3) is 0.550. The Morgan fingerprint density at radius 1 is 1.09 bits per heavy atom. The number of benzene rings is 2. The molecule has 55 heavy (non-hydrogen) atoms. The zero-order chi connectivity index (χ0) is 40.2. The summed E-state index contributed by atoms with van der Waals surface area (Å²) in [6.07, 6.45) is 1.87.